The Labute approximate surface area is 123 Å². The maximum atomic E-state index is 5.05. The van der Waals surface area contributed by atoms with E-state index in [9.17, 15) is 0 Å². The summed E-state index contributed by atoms with van der Waals surface area (Å²) >= 11 is 0. The van der Waals surface area contributed by atoms with Crippen LogP contribution in [-0.4, -0.2) is 65.1 Å². The van der Waals surface area contributed by atoms with Gasteiger partial charge in [0, 0.05) is 26.7 Å². The summed E-state index contributed by atoms with van der Waals surface area (Å²) in [4.78, 5) is 2.31. The number of anilines is 1. The Bertz CT molecular complexity index is 572. The molecular formula is C13H21N7O. The van der Waals surface area contributed by atoms with E-state index in [1.165, 1.54) is 17.5 Å². The van der Waals surface area contributed by atoms with Crippen LogP contribution in [0, 0.1) is 5.92 Å². The van der Waals surface area contributed by atoms with Crippen molar-refractivity contribution in [1.82, 2.24) is 30.6 Å². The van der Waals surface area contributed by atoms with E-state index in [0.717, 1.165) is 38.6 Å². The largest absolute Gasteiger partial charge is 0.383 e. The predicted molar refractivity (Wildman–Crippen MR) is 78.3 cm³/mol. The number of nitrogens with zero attached hydrogens (tertiary/aromatic N) is 6. The molecule has 1 fully saturated rings. The van der Waals surface area contributed by atoms with E-state index in [-0.39, 0.29) is 0 Å². The van der Waals surface area contributed by atoms with Crippen molar-refractivity contribution in [3.63, 3.8) is 0 Å². The minimum absolute atomic E-state index is 0.641. The van der Waals surface area contributed by atoms with Gasteiger partial charge < -0.3 is 15.0 Å². The van der Waals surface area contributed by atoms with Crippen molar-refractivity contribution >= 4 is 11.5 Å². The molecule has 1 unspecified atom stereocenters. The van der Waals surface area contributed by atoms with Crippen LogP contribution in [0.25, 0.3) is 5.65 Å². The Morgan fingerprint density at radius 2 is 2.38 bits per heavy atom. The maximum Gasteiger partial charge on any atom is 0.200 e. The molecule has 2 aromatic heterocycles. The van der Waals surface area contributed by atoms with E-state index < -0.39 is 0 Å². The average molecular weight is 291 g/mol. The molecule has 2 aromatic rings. The summed E-state index contributed by atoms with van der Waals surface area (Å²) in [6.45, 7) is 4.73. The minimum Gasteiger partial charge on any atom is -0.383 e. The smallest absolute Gasteiger partial charge is 0.200 e. The molecule has 1 aliphatic heterocycles. The van der Waals surface area contributed by atoms with Crippen molar-refractivity contribution in [2.75, 3.05) is 44.8 Å². The molecule has 3 rings (SSSR count). The third-order valence-corrected chi connectivity index (χ3v) is 3.81. The van der Waals surface area contributed by atoms with E-state index in [1.807, 2.05) is 12.1 Å². The van der Waals surface area contributed by atoms with Gasteiger partial charge in [-0.1, -0.05) is 0 Å². The van der Waals surface area contributed by atoms with Crippen LogP contribution in [0.2, 0.25) is 0 Å². The first-order valence-corrected chi connectivity index (χ1v) is 7.37. The van der Waals surface area contributed by atoms with E-state index in [0.29, 0.717) is 11.6 Å². The van der Waals surface area contributed by atoms with Crippen molar-refractivity contribution < 1.29 is 4.74 Å². The van der Waals surface area contributed by atoms with Gasteiger partial charge in [0.25, 0.3) is 0 Å². The molecule has 0 amide bonds. The topological polar surface area (TPSA) is 80.5 Å². The van der Waals surface area contributed by atoms with E-state index >= 15 is 0 Å². The van der Waals surface area contributed by atoms with Crippen LogP contribution in [0.5, 0.6) is 0 Å². The first-order chi connectivity index (χ1) is 10.4. The van der Waals surface area contributed by atoms with Crippen LogP contribution in [0.1, 0.15) is 12.8 Å². The lowest BCUT2D eigenvalue weighted by molar-refractivity contribution is 0.197. The van der Waals surface area contributed by atoms with Gasteiger partial charge in [0.15, 0.2) is 11.5 Å². The number of piperidine rings is 1. The average Bonchev–Trinajstić information content (AvgIpc) is 2.99. The summed E-state index contributed by atoms with van der Waals surface area (Å²) in [5, 5.41) is 19.3. The second-order valence-corrected chi connectivity index (χ2v) is 5.37. The molecule has 0 aliphatic carbocycles. The molecule has 0 radical (unpaired) electrons. The molecule has 0 spiro atoms. The van der Waals surface area contributed by atoms with Gasteiger partial charge in [-0.25, -0.2) is 0 Å². The molecule has 1 aliphatic rings. The molecule has 0 saturated carbocycles. The number of tetrazole rings is 1. The van der Waals surface area contributed by atoms with Gasteiger partial charge in [0.2, 0.25) is 0 Å². The van der Waals surface area contributed by atoms with Gasteiger partial charge in [-0.2, -0.15) is 0 Å². The normalized spacial score (nSPS) is 19.3. The number of ether oxygens (including phenoxy) is 1. The molecule has 21 heavy (non-hydrogen) atoms. The number of nitrogens with one attached hydrogen (secondary N) is 1. The quantitative estimate of drug-likeness (QED) is 0.749. The standard InChI is InChI=1S/C13H21N7O/c1-21-8-6-14-9-11-3-2-7-19(10-11)13-5-4-12-15-17-18-20(12)16-13/h4-5,11,14H,2-3,6-10H2,1H3. The molecule has 1 saturated heterocycles. The zero-order chi connectivity index (χ0) is 14.5. The number of fused-ring (bicyclic) bond motifs is 1. The minimum atomic E-state index is 0.641. The lowest BCUT2D eigenvalue weighted by atomic mass is 9.98. The van der Waals surface area contributed by atoms with Gasteiger partial charge in [-0.3, -0.25) is 0 Å². The van der Waals surface area contributed by atoms with Crippen molar-refractivity contribution in [2.24, 2.45) is 5.92 Å². The zero-order valence-electron chi connectivity index (χ0n) is 12.3. The number of rotatable bonds is 6. The Morgan fingerprint density at radius 1 is 1.43 bits per heavy atom. The molecule has 1 N–H and O–H groups in total. The molecule has 8 nitrogen and oxygen atoms in total. The van der Waals surface area contributed by atoms with Gasteiger partial charge >= 0.3 is 0 Å². The van der Waals surface area contributed by atoms with Gasteiger partial charge in [-0.15, -0.1) is 14.8 Å². The van der Waals surface area contributed by atoms with Gasteiger partial charge in [0.05, 0.1) is 6.61 Å². The third kappa shape index (κ3) is 3.45. The second-order valence-electron chi connectivity index (χ2n) is 5.37. The Morgan fingerprint density at radius 3 is 3.29 bits per heavy atom. The molecule has 0 bridgehead atoms. The van der Waals surface area contributed by atoms with Crippen LogP contribution in [0.3, 0.4) is 0 Å². The fourth-order valence-corrected chi connectivity index (χ4v) is 2.73. The lowest BCUT2D eigenvalue weighted by Crippen LogP contribution is -2.40. The number of aromatic nitrogens is 5. The molecule has 3 heterocycles. The van der Waals surface area contributed by atoms with Crippen molar-refractivity contribution in [1.29, 1.82) is 0 Å². The summed E-state index contributed by atoms with van der Waals surface area (Å²) in [6, 6.07) is 3.90. The van der Waals surface area contributed by atoms with Crippen LogP contribution in [-0.2, 0) is 4.74 Å². The first-order valence-electron chi connectivity index (χ1n) is 7.37. The number of hydrogen-bond acceptors (Lipinski definition) is 7. The van der Waals surface area contributed by atoms with Crippen molar-refractivity contribution in [2.45, 2.75) is 12.8 Å². The fourth-order valence-electron chi connectivity index (χ4n) is 2.73. The summed E-state index contributed by atoms with van der Waals surface area (Å²) in [5.41, 5.74) is 0.675. The van der Waals surface area contributed by atoms with E-state index in [4.69, 9.17) is 4.74 Å². The Kier molecular flexibility index (Phi) is 4.56. The summed E-state index contributed by atoms with van der Waals surface area (Å²) < 4.78 is 6.53. The van der Waals surface area contributed by atoms with Gasteiger partial charge in [0.1, 0.15) is 0 Å². The number of hydrogen-bond donors (Lipinski definition) is 1. The highest BCUT2D eigenvalue weighted by Crippen LogP contribution is 2.21. The SMILES string of the molecule is COCCNCC1CCCN(c2ccc3nnnn3n2)C1. The predicted octanol–water partition coefficient (Wildman–Crippen LogP) is -0.0283. The Hall–Kier alpha value is -1.80. The fraction of sp³-hybridized carbons (Fsp3) is 0.692. The summed E-state index contributed by atoms with van der Waals surface area (Å²) in [7, 11) is 1.73. The Balaban J connectivity index is 1.59. The third-order valence-electron chi connectivity index (χ3n) is 3.81. The summed E-state index contributed by atoms with van der Waals surface area (Å²) in [6.07, 6.45) is 2.44. The van der Waals surface area contributed by atoms with Crippen LogP contribution in [0.15, 0.2) is 12.1 Å². The summed E-state index contributed by atoms with van der Waals surface area (Å²) in [5.74, 6) is 1.58. The second kappa shape index (κ2) is 6.77. The molecule has 8 heteroatoms. The van der Waals surface area contributed by atoms with Crippen LogP contribution < -0.4 is 10.2 Å². The van der Waals surface area contributed by atoms with Crippen molar-refractivity contribution in [3.8, 4) is 0 Å². The molecule has 0 aromatic carbocycles. The van der Waals surface area contributed by atoms with Crippen LogP contribution >= 0.6 is 0 Å². The van der Waals surface area contributed by atoms with E-state index in [1.54, 1.807) is 7.11 Å². The monoisotopic (exact) mass is 291 g/mol. The van der Waals surface area contributed by atoms with Gasteiger partial charge in [-0.05, 0) is 47.9 Å². The first kappa shape index (κ1) is 14.2. The number of methoxy groups -OCH3 is 1. The van der Waals surface area contributed by atoms with E-state index in [2.05, 4.69) is 30.8 Å². The lowest BCUT2D eigenvalue weighted by Gasteiger charge is -2.33. The highest BCUT2D eigenvalue weighted by atomic mass is 16.5. The van der Waals surface area contributed by atoms with Crippen molar-refractivity contribution in [3.05, 3.63) is 12.1 Å². The molecular weight excluding hydrogens is 270 g/mol. The molecule has 114 valence electrons. The highest BCUT2D eigenvalue weighted by molar-refractivity contribution is 5.44. The molecule has 1 atom stereocenters. The zero-order valence-corrected chi connectivity index (χ0v) is 12.3. The maximum absolute atomic E-state index is 5.05. The highest BCUT2D eigenvalue weighted by Gasteiger charge is 2.21. The van der Waals surface area contributed by atoms with Crippen LogP contribution in [0.4, 0.5) is 5.82 Å².